The predicted octanol–water partition coefficient (Wildman–Crippen LogP) is 1.28. The fourth-order valence-corrected chi connectivity index (χ4v) is 4.59. The minimum absolute atomic E-state index is 0.0599. The zero-order valence-corrected chi connectivity index (χ0v) is 20.3. The number of pyridine rings is 1. The summed E-state index contributed by atoms with van der Waals surface area (Å²) >= 11 is 0. The number of carbonyl (C=O) groups excluding carboxylic acids is 1. The van der Waals surface area contributed by atoms with Gasteiger partial charge in [-0.05, 0) is 31.2 Å². The number of nitrogens with one attached hydrogen (secondary N) is 1. The molecule has 0 spiro atoms. The molecule has 2 atom stereocenters. The molecule has 4 heterocycles. The van der Waals surface area contributed by atoms with Crippen LogP contribution >= 0.6 is 0 Å². The fourth-order valence-electron chi connectivity index (χ4n) is 4.59. The summed E-state index contributed by atoms with van der Waals surface area (Å²) < 4.78 is 31.7. The van der Waals surface area contributed by atoms with E-state index in [2.05, 4.69) is 20.2 Å². The Labute approximate surface area is 212 Å². The number of rotatable bonds is 7. The van der Waals surface area contributed by atoms with Crippen LogP contribution in [0.4, 0.5) is 9.18 Å². The van der Waals surface area contributed by atoms with Crippen molar-refractivity contribution >= 4 is 17.1 Å². The molecular weight excluding hydrogens is 483 g/mol. The summed E-state index contributed by atoms with van der Waals surface area (Å²) in [5.74, 6) is 0.711. The molecule has 2 aliphatic rings. The van der Waals surface area contributed by atoms with Gasteiger partial charge >= 0.3 is 6.09 Å². The Hall–Kier alpha value is -3.77. The number of fused-ring (bicyclic) bond motifs is 2. The first-order valence-corrected chi connectivity index (χ1v) is 12.2. The van der Waals surface area contributed by atoms with Crippen molar-refractivity contribution in [2.75, 3.05) is 39.5 Å². The van der Waals surface area contributed by atoms with E-state index in [1.54, 1.807) is 18.3 Å². The lowest BCUT2D eigenvalue weighted by Crippen LogP contribution is -2.50. The summed E-state index contributed by atoms with van der Waals surface area (Å²) in [6.07, 6.45) is 3.00. The second kappa shape index (κ2) is 11.1. The van der Waals surface area contributed by atoms with Crippen LogP contribution in [0.25, 0.3) is 11.0 Å². The molecule has 196 valence electrons. The van der Waals surface area contributed by atoms with Crippen molar-refractivity contribution in [2.24, 2.45) is 11.7 Å². The van der Waals surface area contributed by atoms with E-state index in [4.69, 9.17) is 19.9 Å². The SMILES string of the molecule is NC1CCN(CCn2c(=O)cnc3ccc(F)cc32)CC1COC(=O)NCc1cc2c(cn1)OCCO2. The maximum absolute atomic E-state index is 13.8. The zero-order chi connectivity index (χ0) is 25.8. The first kappa shape index (κ1) is 24.9. The summed E-state index contributed by atoms with van der Waals surface area (Å²) in [5, 5.41) is 2.70. The van der Waals surface area contributed by atoms with Gasteiger partial charge in [-0.3, -0.25) is 9.78 Å². The van der Waals surface area contributed by atoms with Gasteiger partial charge in [-0.15, -0.1) is 0 Å². The highest BCUT2D eigenvalue weighted by Crippen LogP contribution is 2.29. The van der Waals surface area contributed by atoms with Crippen LogP contribution in [0.1, 0.15) is 12.1 Å². The van der Waals surface area contributed by atoms with Gasteiger partial charge in [0.05, 0.1) is 42.3 Å². The van der Waals surface area contributed by atoms with Crippen LogP contribution in [0.2, 0.25) is 0 Å². The quantitative estimate of drug-likeness (QED) is 0.480. The summed E-state index contributed by atoms with van der Waals surface area (Å²) in [6, 6.07) is 5.83. The normalized spacial score (nSPS) is 19.5. The van der Waals surface area contributed by atoms with Crippen LogP contribution in [0.3, 0.4) is 0 Å². The maximum Gasteiger partial charge on any atom is 0.407 e. The van der Waals surface area contributed by atoms with Crippen molar-refractivity contribution in [2.45, 2.75) is 25.6 Å². The monoisotopic (exact) mass is 512 g/mol. The van der Waals surface area contributed by atoms with Crippen molar-refractivity contribution in [3.63, 3.8) is 0 Å². The summed E-state index contributed by atoms with van der Waals surface area (Å²) in [5.41, 5.74) is 7.67. The van der Waals surface area contributed by atoms with Gasteiger partial charge in [0.25, 0.3) is 5.56 Å². The van der Waals surface area contributed by atoms with E-state index in [1.807, 2.05) is 0 Å². The number of aromatic nitrogens is 3. The third-order valence-electron chi connectivity index (χ3n) is 6.65. The smallest absolute Gasteiger partial charge is 0.407 e. The van der Waals surface area contributed by atoms with Gasteiger partial charge in [-0.1, -0.05) is 0 Å². The summed E-state index contributed by atoms with van der Waals surface area (Å²) in [7, 11) is 0. The predicted molar refractivity (Wildman–Crippen MR) is 132 cm³/mol. The van der Waals surface area contributed by atoms with Crippen molar-refractivity contribution < 1.29 is 23.4 Å². The molecule has 2 aliphatic heterocycles. The molecule has 3 aromatic rings. The topological polar surface area (TPSA) is 134 Å². The number of halogens is 1. The number of nitrogens with two attached hydrogens (primary N) is 1. The van der Waals surface area contributed by atoms with Gasteiger partial charge in [0.1, 0.15) is 19.0 Å². The first-order valence-electron chi connectivity index (χ1n) is 12.2. The summed E-state index contributed by atoms with van der Waals surface area (Å²) in [4.78, 5) is 35.2. The highest BCUT2D eigenvalue weighted by atomic mass is 19.1. The zero-order valence-electron chi connectivity index (χ0n) is 20.3. The average molecular weight is 513 g/mol. The molecule has 2 unspecified atom stereocenters. The molecule has 2 aromatic heterocycles. The largest absolute Gasteiger partial charge is 0.486 e. The highest BCUT2D eigenvalue weighted by Gasteiger charge is 2.28. The van der Waals surface area contributed by atoms with Crippen molar-refractivity contribution in [3.8, 4) is 11.5 Å². The highest BCUT2D eigenvalue weighted by molar-refractivity contribution is 5.74. The second-order valence-corrected chi connectivity index (χ2v) is 9.17. The van der Waals surface area contributed by atoms with Gasteiger partial charge in [0, 0.05) is 37.7 Å². The Morgan fingerprint density at radius 3 is 2.86 bits per heavy atom. The molecule has 1 amide bonds. The van der Waals surface area contributed by atoms with Crippen molar-refractivity contribution in [3.05, 3.63) is 58.5 Å². The van der Waals surface area contributed by atoms with E-state index >= 15 is 0 Å². The van der Waals surface area contributed by atoms with E-state index < -0.39 is 11.9 Å². The van der Waals surface area contributed by atoms with Gasteiger partial charge in [-0.2, -0.15) is 0 Å². The van der Waals surface area contributed by atoms with Crippen LogP contribution in [0.15, 0.2) is 41.5 Å². The Morgan fingerprint density at radius 2 is 2.00 bits per heavy atom. The number of hydrogen-bond donors (Lipinski definition) is 2. The number of piperidine rings is 1. The van der Waals surface area contributed by atoms with Gasteiger partial charge < -0.3 is 34.7 Å². The average Bonchev–Trinajstić information content (AvgIpc) is 2.91. The number of carbonyl (C=O) groups is 1. The third kappa shape index (κ3) is 5.97. The van der Waals surface area contributed by atoms with E-state index in [9.17, 15) is 14.0 Å². The second-order valence-electron chi connectivity index (χ2n) is 9.17. The van der Waals surface area contributed by atoms with Crippen LogP contribution < -0.4 is 26.1 Å². The lowest BCUT2D eigenvalue weighted by molar-refractivity contribution is 0.0773. The molecule has 1 aromatic carbocycles. The van der Waals surface area contributed by atoms with Crippen LogP contribution in [-0.4, -0.2) is 71.0 Å². The number of amides is 1. The van der Waals surface area contributed by atoms with Gasteiger partial charge in [0.15, 0.2) is 11.5 Å². The Kier molecular flexibility index (Phi) is 7.47. The number of nitrogens with zero attached hydrogens (tertiary/aromatic N) is 4. The molecule has 11 nitrogen and oxygen atoms in total. The van der Waals surface area contributed by atoms with Crippen molar-refractivity contribution in [1.82, 2.24) is 24.8 Å². The number of alkyl carbamates (subject to hydrolysis) is 1. The lowest BCUT2D eigenvalue weighted by atomic mass is 9.93. The third-order valence-corrected chi connectivity index (χ3v) is 6.65. The standard InChI is InChI=1S/C25H29FN6O5/c26-17-1-2-20-21(9-17)32(24(33)13-29-20)6-5-31-4-3-19(27)16(14-31)15-37-25(34)30-11-18-10-22-23(12-28-18)36-8-7-35-22/h1-2,9-10,12-13,16,19H,3-8,11,14-15,27H2,(H,30,34). The van der Waals surface area contributed by atoms with E-state index in [0.29, 0.717) is 61.1 Å². The van der Waals surface area contributed by atoms with Gasteiger partial charge in [0.2, 0.25) is 0 Å². The Balaban J connectivity index is 1.12. The molecule has 0 radical (unpaired) electrons. The van der Waals surface area contributed by atoms with E-state index in [1.165, 1.54) is 22.9 Å². The molecule has 1 saturated heterocycles. The Morgan fingerprint density at radius 1 is 1.16 bits per heavy atom. The van der Waals surface area contributed by atoms with E-state index in [0.717, 1.165) is 13.0 Å². The maximum atomic E-state index is 13.8. The van der Waals surface area contributed by atoms with Crippen LogP contribution in [0, 0.1) is 11.7 Å². The van der Waals surface area contributed by atoms with Crippen molar-refractivity contribution in [1.29, 1.82) is 0 Å². The molecule has 0 saturated carbocycles. The number of benzene rings is 1. The lowest BCUT2D eigenvalue weighted by Gasteiger charge is -2.36. The van der Waals surface area contributed by atoms with Gasteiger partial charge in [-0.25, -0.2) is 14.2 Å². The number of ether oxygens (including phenoxy) is 3. The van der Waals surface area contributed by atoms with Crippen LogP contribution in [0.5, 0.6) is 11.5 Å². The molecule has 37 heavy (non-hydrogen) atoms. The summed E-state index contributed by atoms with van der Waals surface area (Å²) in [6.45, 7) is 3.64. The van der Waals surface area contributed by atoms with Crippen LogP contribution in [-0.2, 0) is 17.8 Å². The Bertz CT molecular complexity index is 1330. The fraction of sp³-hybridized carbons (Fsp3) is 0.440. The number of likely N-dealkylation sites (tertiary alicyclic amines) is 1. The molecule has 12 heteroatoms. The molecule has 0 aliphatic carbocycles. The molecular formula is C25H29FN6O5. The molecule has 3 N–H and O–H groups in total. The molecule has 1 fully saturated rings. The molecule has 5 rings (SSSR count). The minimum Gasteiger partial charge on any atom is -0.486 e. The first-order chi connectivity index (χ1) is 18.0. The minimum atomic E-state index is -0.558. The van der Waals surface area contributed by atoms with E-state index in [-0.39, 0.29) is 30.7 Å². The molecule has 0 bridgehead atoms. The number of hydrogen-bond acceptors (Lipinski definition) is 9.